The number of benzene rings is 1. The summed E-state index contributed by atoms with van der Waals surface area (Å²) >= 11 is 5.61. The number of halogens is 2. The van der Waals surface area contributed by atoms with E-state index in [1.165, 1.54) is 30.5 Å². The second-order valence-corrected chi connectivity index (χ2v) is 6.28. The van der Waals surface area contributed by atoms with Gasteiger partial charge in [0.1, 0.15) is 0 Å². The maximum absolute atomic E-state index is 13.7. The average Bonchev–Trinajstić information content (AvgIpc) is 2.45. The van der Waals surface area contributed by atoms with E-state index in [0.29, 0.717) is 6.54 Å². The Hall–Kier alpha value is -1.70. The lowest BCUT2D eigenvalue weighted by molar-refractivity contribution is 0.595. The molecule has 0 aliphatic rings. The minimum Gasteiger partial charge on any atom is -0.316 e. The molecule has 0 saturated heterocycles. The molecule has 2 aromatic rings. The lowest BCUT2D eigenvalue weighted by Crippen LogP contribution is -2.16. The van der Waals surface area contributed by atoms with Crippen molar-refractivity contribution < 1.29 is 12.8 Å². The van der Waals surface area contributed by atoms with Crippen LogP contribution in [0.25, 0.3) is 0 Å². The van der Waals surface area contributed by atoms with E-state index in [0.717, 1.165) is 5.56 Å². The largest absolute Gasteiger partial charge is 0.316 e. The van der Waals surface area contributed by atoms with Crippen LogP contribution in [0.5, 0.6) is 0 Å². The van der Waals surface area contributed by atoms with Crippen molar-refractivity contribution in [1.29, 1.82) is 0 Å². The van der Waals surface area contributed by atoms with Gasteiger partial charge in [-0.15, -0.1) is 0 Å². The summed E-state index contributed by atoms with van der Waals surface area (Å²) in [6, 6.07) is 7.06. The summed E-state index contributed by atoms with van der Waals surface area (Å²) in [6.45, 7) is 0.573. The lowest BCUT2D eigenvalue weighted by Gasteiger charge is -2.09. The second kappa shape index (κ2) is 6.38. The maximum Gasteiger partial charge on any atom is 0.279 e. The van der Waals surface area contributed by atoms with Crippen molar-refractivity contribution >= 4 is 27.3 Å². The molecule has 0 aliphatic heterocycles. The topological polar surface area (TPSA) is 71.1 Å². The number of rotatable bonds is 5. The first-order valence-corrected chi connectivity index (χ1v) is 7.86. The smallest absolute Gasteiger partial charge is 0.279 e. The zero-order chi connectivity index (χ0) is 15.5. The minimum atomic E-state index is -3.96. The van der Waals surface area contributed by atoms with Crippen LogP contribution in [-0.4, -0.2) is 20.4 Å². The zero-order valence-electron chi connectivity index (χ0n) is 11.1. The molecule has 2 N–H and O–H groups in total. The van der Waals surface area contributed by atoms with Gasteiger partial charge < -0.3 is 5.32 Å². The normalized spacial score (nSPS) is 11.4. The summed E-state index contributed by atoms with van der Waals surface area (Å²) in [4.78, 5) is 3.87. The van der Waals surface area contributed by atoms with E-state index >= 15 is 0 Å². The molecule has 2 rings (SSSR count). The summed E-state index contributed by atoms with van der Waals surface area (Å²) in [7, 11) is -2.19. The van der Waals surface area contributed by atoms with Gasteiger partial charge in [0.2, 0.25) is 0 Å². The Morgan fingerprint density at radius 2 is 2.05 bits per heavy atom. The van der Waals surface area contributed by atoms with Gasteiger partial charge in [-0.2, -0.15) is 8.42 Å². The Labute approximate surface area is 127 Å². The fourth-order valence-electron chi connectivity index (χ4n) is 1.66. The van der Waals surface area contributed by atoms with Crippen molar-refractivity contribution in [2.75, 3.05) is 11.8 Å². The highest BCUT2D eigenvalue weighted by Crippen LogP contribution is 2.24. The monoisotopic (exact) mass is 329 g/mol. The van der Waals surface area contributed by atoms with Gasteiger partial charge in [0, 0.05) is 12.7 Å². The Morgan fingerprint density at radius 1 is 1.29 bits per heavy atom. The average molecular weight is 330 g/mol. The van der Waals surface area contributed by atoms with Crippen molar-refractivity contribution in [3.05, 3.63) is 52.9 Å². The molecule has 0 bridgehead atoms. The maximum atomic E-state index is 13.7. The Bertz CT molecular complexity index is 736. The third-order valence-corrected chi connectivity index (χ3v) is 4.22. The molecular formula is C13H13ClFN3O2S. The molecular weight excluding hydrogens is 317 g/mol. The van der Waals surface area contributed by atoms with Crippen LogP contribution in [0.1, 0.15) is 5.56 Å². The molecule has 1 aromatic heterocycles. The van der Waals surface area contributed by atoms with Gasteiger partial charge in [0.15, 0.2) is 10.8 Å². The Balaban J connectivity index is 2.27. The first-order chi connectivity index (χ1) is 9.94. The van der Waals surface area contributed by atoms with E-state index in [-0.39, 0.29) is 15.7 Å². The first kappa shape index (κ1) is 15.7. The molecule has 0 saturated carbocycles. The van der Waals surface area contributed by atoms with Crippen LogP contribution in [0.2, 0.25) is 5.02 Å². The van der Waals surface area contributed by atoms with Gasteiger partial charge in [0.25, 0.3) is 10.0 Å². The SMILES string of the molecule is CNCc1ccc(S(=O)(=O)Nc2cccc(Cl)c2F)nc1. The van der Waals surface area contributed by atoms with Crippen molar-refractivity contribution in [2.45, 2.75) is 11.6 Å². The molecule has 1 heterocycles. The van der Waals surface area contributed by atoms with Crippen molar-refractivity contribution in [3.63, 3.8) is 0 Å². The summed E-state index contributed by atoms with van der Waals surface area (Å²) in [6.07, 6.45) is 1.44. The van der Waals surface area contributed by atoms with Crippen LogP contribution in [-0.2, 0) is 16.6 Å². The van der Waals surface area contributed by atoms with Crippen LogP contribution >= 0.6 is 11.6 Å². The van der Waals surface area contributed by atoms with Gasteiger partial charge >= 0.3 is 0 Å². The quantitative estimate of drug-likeness (QED) is 0.883. The number of sulfonamides is 1. The number of aromatic nitrogens is 1. The van der Waals surface area contributed by atoms with E-state index in [9.17, 15) is 12.8 Å². The van der Waals surface area contributed by atoms with E-state index < -0.39 is 15.8 Å². The van der Waals surface area contributed by atoms with Crippen molar-refractivity contribution in [3.8, 4) is 0 Å². The number of hydrogen-bond donors (Lipinski definition) is 2. The molecule has 0 atom stereocenters. The molecule has 5 nitrogen and oxygen atoms in total. The van der Waals surface area contributed by atoms with Gasteiger partial charge in [-0.05, 0) is 30.8 Å². The molecule has 0 fully saturated rings. The number of hydrogen-bond acceptors (Lipinski definition) is 4. The van der Waals surface area contributed by atoms with Gasteiger partial charge in [-0.25, -0.2) is 9.37 Å². The highest BCUT2D eigenvalue weighted by Gasteiger charge is 2.18. The fourth-order valence-corrected chi connectivity index (χ4v) is 2.82. The van der Waals surface area contributed by atoms with E-state index in [1.807, 2.05) is 0 Å². The lowest BCUT2D eigenvalue weighted by atomic mass is 10.3. The molecule has 0 aliphatic carbocycles. The standard InChI is InChI=1S/C13H13ClFN3O2S/c1-16-7-9-5-6-12(17-8-9)21(19,20)18-11-4-2-3-10(14)13(11)15/h2-6,8,16,18H,7H2,1H3. The number of pyridine rings is 1. The first-order valence-electron chi connectivity index (χ1n) is 6.00. The van der Waals surface area contributed by atoms with Crippen LogP contribution in [0.4, 0.5) is 10.1 Å². The van der Waals surface area contributed by atoms with E-state index in [4.69, 9.17) is 11.6 Å². The van der Waals surface area contributed by atoms with Gasteiger partial charge in [0.05, 0.1) is 10.7 Å². The van der Waals surface area contributed by atoms with Gasteiger partial charge in [-0.3, -0.25) is 4.72 Å². The van der Waals surface area contributed by atoms with Crippen LogP contribution in [0, 0.1) is 5.82 Å². The summed E-state index contributed by atoms with van der Waals surface area (Å²) in [5, 5.41) is 2.57. The van der Waals surface area contributed by atoms with E-state index in [2.05, 4.69) is 15.0 Å². The predicted molar refractivity (Wildman–Crippen MR) is 79.2 cm³/mol. The van der Waals surface area contributed by atoms with Gasteiger partial charge in [-0.1, -0.05) is 23.7 Å². The molecule has 0 spiro atoms. The fraction of sp³-hybridized carbons (Fsp3) is 0.154. The van der Waals surface area contributed by atoms with Crippen molar-refractivity contribution in [1.82, 2.24) is 10.3 Å². The van der Waals surface area contributed by atoms with Crippen LogP contribution in [0.15, 0.2) is 41.6 Å². The number of nitrogens with zero attached hydrogens (tertiary/aromatic N) is 1. The number of anilines is 1. The molecule has 8 heteroatoms. The summed E-state index contributed by atoms with van der Waals surface area (Å²) < 4.78 is 40.1. The molecule has 112 valence electrons. The summed E-state index contributed by atoms with van der Waals surface area (Å²) in [5.41, 5.74) is 0.619. The molecule has 0 unspecified atom stereocenters. The predicted octanol–water partition coefficient (Wildman–Crippen LogP) is 2.39. The molecule has 21 heavy (non-hydrogen) atoms. The Kier molecular flexibility index (Phi) is 4.76. The highest BCUT2D eigenvalue weighted by molar-refractivity contribution is 7.92. The second-order valence-electron chi connectivity index (χ2n) is 4.24. The zero-order valence-corrected chi connectivity index (χ0v) is 12.7. The highest BCUT2D eigenvalue weighted by atomic mass is 35.5. The van der Waals surface area contributed by atoms with Crippen molar-refractivity contribution in [2.24, 2.45) is 0 Å². The van der Waals surface area contributed by atoms with Crippen LogP contribution < -0.4 is 10.0 Å². The molecule has 1 aromatic carbocycles. The molecule has 0 radical (unpaired) electrons. The summed E-state index contributed by atoms with van der Waals surface area (Å²) in [5.74, 6) is -0.824. The Morgan fingerprint density at radius 3 is 2.67 bits per heavy atom. The third-order valence-electron chi connectivity index (χ3n) is 2.65. The molecule has 0 amide bonds. The number of nitrogens with one attached hydrogen (secondary N) is 2. The minimum absolute atomic E-state index is 0.160. The van der Waals surface area contributed by atoms with Crippen LogP contribution in [0.3, 0.4) is 0 Å². The van der Waals surface area contributed by atoms with E-state index in [1.54, 1.807) is 13.1 Å². The third kappa shape index (κ3) is 3.69.